The molecule has 0 saturated heterocycles. The van der Waals surface area contributed by atoms with Crippen LogP contribution in [0.1, 0.15) is 25.3 Å². The molecule has 1 amide bonds. The monoisotopic (exact) mass is 260 g/mol. The van der Waals surface area contributed by atoms with Crippen LogP contribution in [0.25, 0.3) is 0 Å². The Balaban J connectivity index is 2.56. The molecule has 0 aliphatic rings. The molecule has 0 bridgehead atoms. The van der Waals surface area contributed by atoms with Crippen molar-refractivity contribution in [2.75, 3.05) is 19.6 Å². The lowest BCUT2D eigenvalue weighted by molar-refractivity contribution is -0.131. The van der Waals surface area contributed by atoms with Crippen LogP contribution in [0.3, 0.4) is 0 Å². The smallest absolute Gasteiger partial charge is 0.224 e. The SMILES string of the molecule is CCNCCC(=O)N(CCC#N)Cc1cccnc1. The summed E-state index contributed by atoms with van der Waals surface area (Å²) in [6.07, 6.45) is 4.26. The van der Waals surface area contributed by atoms with Crippen LogP contribution in [0.5, 0.6) is 0 Å². The first-order valence-electron chi connectivity index (χ1n) is 6.52. The minimum Gasteiger partial charge on any atom is -0.337 e. The number of nitrogens with one attached hydrogen (secondary N) is 1. The lowest BCUT2D eigenvalue weighted by atomic mass is 10.2. The second kappa shape index (κ2) is 9.06. The zero-order valence-electron chi connectivity index (χ0n) is 11.3. The Kier molecular flexibility index (Phi) is 7.21. The summed E-state index contributed by atoms with van der Waals surface area (Å²) in [6, 6.07) is 5.86. The van der Waals surface area contributed by atoms with Crippen molar-refractivity contribution in [3.05, 3.63) is 30.1 Å². The highest BCUT2D eigenvalue weighted by Crippen LogP contribution is 2.05. The third-order valence-corrected chi connectivity index (χ3v) is 2.71. The summed E-state index contributed by atoms with van der Waals surface area (Å²) < 4.78 is 0. The molecule has 1 rings (SSSR count). The molecule has 1 aromatic heterocycles. The molecule has 0 aliphatic carbocycles. The number of carbonyl (C=O) groups is 1. The summed E-state index contributed by atoms with van der Waals surface area (Å²) in [7, 11) is 0. The summed E-state index contributed by atoms with van der Waals surface area (Å²) in [5, 5.41) is 11.8. The Labute approximate surface area is 114 Å². The minimum absolute atomic E-state index is 0.0695. The number of hydrogen-bond acceptors (Lipinski definition) is 4. The largest absolute Gasteiger partial charge is 0.337 e. The first kappa shape index (κ1) is 15.1. The van der Waals surface area contributed by atoms with Gasteiger partial charge in [-0.05, 0) is 18.2 Å². The van der Waals surface area contributed by atoms with Gasteiger partial charge < -0.3 is 10.2 Å². The van der Waals surface area contributed by atoms with Gasteiger partial charge in [-0.3, -0.25) is 9.78 Å². The topological polar surface area (TPSA) is 69.0 Å². The fraction of sp³-hybridized carbons (Fsp3) is 0.500. The first-order chi connectivity index (χ1) is 9.27. The number of nitrogens with zero attached hydrogens (tertiary/aromatic N) is 3. The average molecular weight is 260 g/mol. The number of rotatable bonds is 8. The van der Waals surface area contributed by atoms with E-state index in [1.165, 1.54) is 0 Å². The van der Waals surface area contributed by atoms with Crippen molar-refractivity contribution in [3.8, 4) is 6.07 Å². The van der Waals surface area contributed by atoms with Crippen LogP contribution in [-0.2, 0) is 11.3 Å². The third kappa shape index (κ3) is 5.98. The molecule has 0 radical (unpaired) electrons. The van der Waals surface area contributed by atoms with Crippen LogP contribution in [-0.4, -0.2) is 35.4 Å². The molecule has 5 nitrogen and oxygen atoms in total. The molecule has 0 aliphatic heterocycles. The van der Waals surface area contributed by atoms with E-state index in [1.807, 2.05) is 19.1 Å². The van der Waals surface area contributed by atoms with Gasteiger partial charge in [0.25, 0.3) is 0 Å². The molecule has 5 heteroatoms. The molecule has 0 fully saturated rings. The van der Waals surface area contributed by atoms with E-state index in [-0.39, 0.29) is 5.91 Å². The van der Waals surface area contributed by atoms with Crippen molar-refractivity contribution in [3.63, 3.8) is 0 Å². The standard InChI is InChI=1S/C14H20N4O/c1-2-16-9-6-14(19)18(10-4-7-15)12-13-5-3-8-17-11-13/h3,5,8,11,16H,2,4,6,9-10,12H2,1H3. The Morgan fingerprint density at radius 1 is 1.58 bits per heavy atom. The average Bonchev–Trinajstić information content (AvgIpc) is 2.44. The number of hydrogen-bond donors (Lipinski definition) is 1. The van der Waals surface area contributed by atoms with Crippen LogP contribution < -0.4 is 5.32 Å². The molecule has 0 unspecified atom stereocenters. The summed E-state index contributed by atoms with van der Waals surface area (Å²) >= 11 is 0. The Bertz CT molecular complexity index is 413. The van der Waals surface area contributed by atoms with E-state index < -0.39 is 0 Å². The lowest BCUT2D eigenvalue weighted by Gasteiger charge is -2.21. The second-order valence-electron chi connectivity index (χ2n) is 4.19. The normalized spacial score (nSPS) is 9.89. The number of pyridine rings is 1. The maximum Gasteiger partial charge on any atom is 0.224 e. The van der Waals surface area contributed by atoms with E-state index in [0.29, 0.717) is 32.5 Å². The van der Waals surface area contributed by atoms with E-state index in [2.05, 4.69) is 16.4 Å². The fourth-order valence-corrected chi connectivity index (χ4v) is 1.72. The predicted octanol–water partition coefficient (Wildman–Crippen LogP) is 1.32. The quantitative estimate of drug-likeness (QED) is 0.716. The van der Waals surface area contributed by atoms with Gasteiger partial charge in [0.05, 0.1) is 12.5 Å². The lowest BCUT2D eigenvalue weighted by Crippen LogP contribution is -2.33. The van der Waals surface area contributed by atoms with Crippen LogP contribution in [0.4, 0.5) is 0 Å². The maximum atomic E-state index is 12.1. The van der Waals surface area contributed by atoms with Crippen LogP contribution in [0.2, 0.25) is 0 Å². The number of nitriles is 1. The van der Waals surface area contributed by atoms with Gasteiger partial charge in [0.15, 0.2) is 0 Å². The van der Waals surface area contributed by atoms with Gasteiger partial charge in [0.2, 0.25) is 5.91 Å². The molecule has 1 heterocycles. The predicted molar refractivity (Wildman–Crippen MR) is 73.0 cm³/mol. The molecule has 0 spiro atoms. The maximum absolute atomic E-state index is 12.1. The summed E-state index contributed by atoms with van der Waals surface area (Å²) in [4.78, 5) is 17.8. The zero-order chi connectivity index (χ0) is 13.9. The number of amides is 1. The van der Waals surface area contributed by atoms with Crippen molar-refractivity contribution < 1.29 is 4.79 Å². The summed E-state index contributed by atoms with van der Waals surface area (Å²) in [6.45, 7) is 4.52. The van der Waals surface area contributed by atoms with Crippen molar-refractivity contribution in [2.45, 2.75) is 26.3 Å². The number of aromatic nitrogens is 1. The Hall–Kier alpha value is -1.93. The van der Waals surface area contributed by atoms with Crippen LogP contribution >= 0.6 is 0 Å². The highest BCUT2D eigenvalue weighted by atomic mass is 16.2. The molecule has 102 valence electrons. The highest BCUT2D eigenvalue weighted by Gasteiger charge is 2.13. The van der Waals surface area contributed by atoms with Gasteiger partial charge in [0, 0.05) is 38.4 Å². The van der Waals surface area contributed by atoms with Gasteiger partial charge in [0.1, 0.15) is 0 Å². The molecule has 0 atom stereocenters. The van der Waals surface area contributed by atoms with Gasteiger partial charge in [-0.15, -0.1) is 0 Å². The zero-order valence-corrected chi connectivity index (χ0v) is 11.3. The molecular weight excluding hydrogens is 240 g/mol. The van der Waals surface area contributed by atoms with Crippen LogP contribution in [0.15, 0.2) is 24.5 Å². The number of carbonyl (C=O) groups excluding carboxylic acids is 1. The second-order valence-corrected chi connectivity index (χ2v) is 4.19. The molecule has 0 aromatic carbocycles. The van der Waals surface area contributed by atoms with Crippen molar-refractivity contribution >= 4 is 5.91 Å². The molecule has 1 aromatic rings. The molecule has 1 N–H and O–H groups in total. The van der Waals surface area contributed by atoms with E-state index in [4.69, 9.17) is 5.26 Å². The first-order valence-corrected chi connectivity index (χ1v) is 6.52. The van der Waals surface area contributed by atoms with Gasteiger partial charge in [-0.1, -0.05) is 13.0 Å². The third-order valence-electron chi connectivity index (χ3n) is 2.71. The van der Waals surface area contributed by atoms with Crippen molar-refractivity contribution in [2.24, 2.45) is 0 Å². The van der Waals surface area contributed by atoms with E-state index >= 15 is 0 Å². The molecule has 0 saturated carbocycles. The summed E-state index contributed by atoms with van der Waals surface area (Å²) in [5.74, 6) is 0.0695. The van der Waals surface area contributed by atoms with Gasteiger partial charge >= 0.3 is 0 Å². The van der Waals surface area contributed by atoms with Crippen LogP contribution in [0, 0.1) is 11.3 Å². The summed E-state index contributed by atoms with van der Waals surface area (Å²) in [5.41, 5.74) is 0.984. The van der Waals surface area contributed by atoms with E-state index in [0.717, 1.165) is 12.1 Å². The Morgan fingerprint density at radius 2 is 2.42 bits per heavy atom. The minimum atomic E-state index is 0.0695. The van der Waals surface area contributed by atoms with Gasteiger partial charge in [-0.25, -0.2) is 0 Å². The fourth-order valence-electron chi connectivity index (χ4n) is 1.72. The van der Waals surface area contributed by atoms with E-state index in [1.54, 1.807) is 17.3 Å². The van der Waals surface area contributed by atoms with Gasteiger partial charge in [-0.2, -0.15) is 5.26 Å². The van der Waals surface area contributed by atoms with E-state index in [9.17, 15) is 4.79 Å². The molecular formula is C14H20N4O. The van der Waals surface area contributed by atoms with Crippen molar-refractivity contribution in [1.82, 2.24) is 15.2 Å². The molecule has 19 heavy (non-hydrogen) atoms. The van der Waals surface area contributed by atoms with Crippen molar-refractivity contribution in [1.29, 1.82) is 5.26 Å². The highest BCUT2D eigenvalue weighted by molar-refractivity contribution is 5.76. The Morgan fingerprint density at radius 3 is 3.05 bits per heavy atom.